The maximum Gasteiger partial charge on any atom is 0.0722 e. The Morgan fingerprint density at radius 3 is 2.94 bits per heavy atom. The molecule has 18 heavy (non-hydrogen) atoms. The largest absolute Gasteiger partial charge is 0.384 e. The van der Waals surface area contributed by atoms with Crippen molar-refractivity contribution in [2.45, 2.75) is 26.2 Å². The van der Waals surface area contributed by atoms with Gasteiger partial charge >= 0.3 is 0 Å². The minimum atomic E-state index is 0.830. The van der Waals surface area contributed by atoms with Crippen LogP contribution >= 0.6 is 0 Å². The van der Waals surface area contributed by atoms with Crippen molar-refractivity contribution in [1.82, 2.24) is 4.98 Å². The van der Waals surface area contributed by atoms with Crippen molar-refractivity contribution in [3.8, 4) is 0 Å². The second-order valence-electron chi connectivity index (χ2n) is 5.42. The van der Waals surface area contributed by atoms with Gasteiger partial charge in [0.15, 0.2) is 0 Å². The van der Waals surface area contributed by atoms with Gasteiger partial charge in [-0.1, -0.05) is 38.0 Å². The van der Waals surface area contributed by atoms with Crippen LogP contribution in [0.3, 0.4) is 0 Å². The topological polar surface area (TPSA) is 24.9 Å². The summed E-state index contributed by atoms with van der Waals surface area (Å²) in [6.07, 6.45) is 6.05. The molecule has 0 saturated heterocycles. The second kappa shape index (κ2) is 4.97. The molecule has 1 fully saturated rings. The number of para-hydroxylation sites is 1. The fourth-order valence-electron chi connectivity index (χ4n) is 3.02. The summed E-state index contributed by atoms with van der Waals surface area (Å²) in [7, 11) is 0. The number of rotatable bonds is 3. The normalized spacial score (nSPS) is 23.4. The highest BCUT2D eigenvalue weighted by molar-refractivity contribution is 5.90. The van der Waals surface area contributed by atoms with E-state index in [0.29, 0.717) is 0 Å². The van der Waals surface area contributed by atoms with Crippen LogP contribution in [0, 0.1) is 11.8 Å². The third-order valence-electron chi connectivity index (χ3n) is 4.24. The van der Waals surface area contributed by atoms with Crippen LogP contribution in [0.1, 0.15) is 26.2 Å². The standard InChI is InChI=1S/C16H20N2/c1-12-5-4-6-13(12)11-18-16-9-10-17-15-8-3-2-7-14(15)16/h2-3,7-10,12-13H,4-6,11H2,1H3,(H,17,18). The Hall–Kier alpha value is -1.57. The maximum atomic E-state index is 4.40. The smallest absolute Gasteiger partial charge is 0.0722 e. The molecule has 2 heteroatoms. The van der Waals surface area contributed by atoms with Crippen LogP contribution < -0.4 is 5.32 Å². The average Bonchev–Trinajstić information content (AvgIpc) is 2.82. The number of nitrogens with zero attached hydrogens (tertiary/aromatic N) is 1. The molecule has 1 saturated carbocycles. The van der Waals surface area contributed by atoms with E-state index in [4.69, 9.17) is 0 Å². The lowest BCUT2D eigenvalue weighted by atomic mass is 9.98. The number of hydrogen-bond acceptors (Lipinski definition) is 2. The Kier molecular flexibility index (Phi) is 3.18. The lowest BCUT2D eigenvalue weighted by molar-refractivity contribution is 0.440. The van der Waals surface area contributed by atoms with Crippen molar-refractivity contribution in [2.24, 2.45) is 11.8 Å². The van der Waals surface area contributed by atoms with Gasteiger partial charge in [-0.2, -0.15) is 0 Å². The summed E-state index contributed by atoms with van der Waals surface area (Å²) in [6, 6.07) is 10.4. The molecule has 1 aromatic carbocycles. The fourth-order valence-corrected chi connectivity index (χ4v) is 3.02. The Balaban J connectivity index is 1.78. The van der Waals surface area contributed by atoms with Gasteiger partial charge in [0.25, 0.3) is 0 Å². The molecule has 1 N–H and O–H groups in total. The highest BCUT2D eigenvalue weighted by atomic mass is 14.9. The second-order valence-corrected chi connectivity index (χ2v) is 5.42. The Labute approximate surface area is 108 Å². The van der Waals surface area contributed by atoms with Crippen molar-refractivity contribution < 1.29 is 0 Å². The summed E-state index contributed by atoms with van der Waals surface area (Å²) in [4.78, 5) is 4.40. The third-order valence-corrected chi connectivity index (χ3v) is 4.24. The molecule has 94 valence electrons. The van der Waals surface area contributed by atoms with Gasteiger partial charge in [0.05, 0.1) is 5.52 Å². The zero-order chi connectivity index (χ0) is 12.4. The van der Waals surface area contributed by atoms with Gasteiger partial charge in [0.1, 0.15) is 0 Å². The van der Waals surface area contributed by atoms with Gasteiger partial charge in [0, 0.05) is 23.8 Å². The molecular weight excluding hydrogens is 220 g/mol. The Morgan fingerprint density at radius 2 is 2.11 bits per heavy atom. The van der Waals surface area contributed by atoms with Crippen LogP contribution in [0.5, 0.6) is 0 Å². The van der Waals surface area contributed by atoms with Crippen molar-refractivity contribution in [2.75, 3.05) is 11.9 Å². The Morgan fingerprint density at radius 1 is 1.22 bits per heavy atom. The monoisotopic (exact) mass is 240 g/mol. The average molecular weight is 240 g/mol. The van der Waals surface area contributed by atoms with E-state index in [2.05, 4.69) is 41.5 Å². The van der Waals surface area contributed by atoms with E-state index in [1.54, 1.807) is 0 Å². The summed E-state index contributed by atoms with van der Waals surface area (Å²) >= 11 is 0. The van der Waals surface area contributed by atoms with Crippen molar-refractivity contribution in [1.29, 1.82) is 0 Å². The zero-order valence-electron chi connectivity index (χ0n) is 10.9. The van der Waals surface area contributed by atoms with E-state index in [-0.39, 0.29) is 0 Å². The van der Waals surface area contributed by atoms with E-state index in [1.807, 2.05) is 12.3 Å². The summed E-state index contributed by atoms with van der Waals surface area (Å²) in [6.45, 7) is 3.47. The first-order chi connectivity index (χ1) is 8.84. The SMILES string of the molecule is CC1CCCC1CNc1ccnc2ccccc12. The number of fused-ring (bicyclic) bond motifs is 1. The van der Waals surface area contributed by atoms with Crippen LogP contribution in [0.25, 0.3) is 10.9 Å². The molecule has 1 heterocycles. The first kappa shape index (κ1) is 11.5. The molecule has 0 aliphatic heterocycles. The molecule has 0 amide bonds. The molecular formula is C16H20N2. The van der Waals surface area contributed by atoms with Gasteiger partial charge < -0.3 is 5.32 Å². The van der Waals surface area contributed by atoms with Crippen molar-refractivity contribution >= 4 is 16.6 Å². The first-order valence-corrected chi connectivity index (χ1v) is 6.92. The highest BCUT2D eigenvalue weighted by Gasteiger charge is 2.22. The van der Waals surface area contributed by atoms with E-state index >= 15 is 0 Å². The zero-order valence-corrected chi connectivity index (χ0v) is 10.9. The molecule has 2 unspecified atom stereocenters. The van der Waals surface area contributed by atoms with Gasteiger partial charge in [-0.05, 0) is 30.4 Å². The number of nitrogens with one attached hydrogen (secondary N) is 1. The predicted octanol–water partition coefficient (Wildman–Crippen LogP) is 4.08. The summed E-state index contributed by atoms with van der Waals surface area (Å²) < 4.78 is 0. The van der Waals surface area contributed by atoms with Crippen molar-refractivity contribution in [3.63, 3.8) is 0 Å². The van der Waals surface area contributed by atoms with Crippen LogP contribution in [0.15, 0.2) is 36.5 Å². The first-order valence-electron chi connectivity index (χ1n) is 6.92. The molecule has 1 aliphatic rings. The third kappa shape index (κ3) is 2.20. The molecule has 2 aromatic rings. The minimum absolute atomic E-state index is 0.830. The molecule has 2 atom stereocenters. The highest BCUT2D eigenvalue weighted by Crippen LogP contribution is 2.31. The lowest BCUT2D eigenvalue weighted by Gasteiger charge is -2.17. The molecule has 0 radical (unpaired) electrons. The molecule has 2 nitrogen and oxygen atoms in total. The summed E-state index contributed by atoms with van der Waals surface area (Å²) in [5.41, 5.74) is 2.29. The summed E-state index contributed by atoms with van der Waals surface area (Å²) in [5, 5.41) is 4.85. The van der Waals surface area contributed by atoms with Crippen molar-refractivity contribution in [3.05, 3.63) is 36.5 Å². The number of benzene rings is 1. The van der Waals surface area contributed by atoms with E-state index in [9.17, 15) is 0 Å². The molecule has 0 bridgehead atoms. The Bertz CT molecular complexity index is 530. The minimum Gasteiger partial charge on any atom is -0.384 e. The maximum absolute atomic E-state index is 4.40. The number of anilines is 1. The molecule has 1 aromatic heterocycles. The molecule has 1 aliphatic carbocycles. The van der Waals surface area contributed by atoms with Gasteiger partial charge in [-0.25, -0.2) is 0 Å². The van der Waals surface area contributed by atoms with Gasteiger partial charge in [-0.15, -0.1) is 0 Å². The quantitative estimate of drug-likeness (QED) is 0.874. The summed E-state index contributed by atoms with van der Waals surface area (Å²) in [5.74, 6) is 1.70. The predicted molar refractivity (Wildman–Crippen MR) is 76.7 cm³/mol. The fraction of sp³-hybridized carbons (Fsp3) is 0.438. The van der Waals surface area contributed by atoms with E-state index in [0.717, 1.165) is 23.9 Å². The number of hydrogen-bond donors (Lipinski definition) is 1. The molecule has 3 rings (SSSR count). The lowest BCUT2D eigenvalue weighted by Crippen LogP contribution is -2.16. The van der Waals surface area contributed by atoms with Gasteiger partial charge in [-0.3, -0.25) is 4.98 Å². The molecule has 0 spiro atoms. The van der Waals surface area contributed by atoms with Crippen LogP contribution in [-0.2, 0) is 0 Å². The van der Waals surface area contributed by atoms with Crippen LogP contribution in [0.2, 0.25) is 0 Å². The van der Waals surface area contributed by atoms with Gasteiger partial charge in [0.2, 0.25) is 0 Å². The van der Waals surface area contributed by atoms with Crippen LogP contribution in [-0.4, -0.2) is 11.5 Å². The van der Waals surface area contributed by atoms with E-state index in [1.165, 1.54) is 30.3 Å². The number of aromatic nitrogens is 1. The van der Waals surface area contributed by atoms with E-state index < -0.39 is 0 Å². The van der Waals surface area contributed by atoms with Crippen LogP contribution in [0.4, 0.5) is 5.69 Å². The number of pyridine rings is 1.